The second-order valence-corrected chi connectivity index (χ2v) is 5.88. The molecule has 0 bridgehead atoms. The predicted octanol–water partition coefficient (Wildman–Crippen LogP) is 2.03. The first kappa shape index (κ1) is 12.9. The summed E-state index contributed by atoms with van der Waals surface area (Å²) in [6, 6.07) is 0. The van der Waals surface area contributed by atoms with Crippen molar-refractivity contribution in [3.8, 4) is 0 Å². The molecule has 1 heterocycles. The molecule has 96 valence electrons. The summed E-state index contributed by atoms with van der Waals surface area (Å²) in [5.74, 6) is 0.00645. The number of esters is 1. The second kappa shape index (κ2) is 3.99. The van der Waals surface area contributed by atoms with Gasteiger partial charge in [-0.25, -0.2) is 0 Å². The average Bonchev–Trinajstić information content (AvgIpc) is 2.91. The lowest BCUT2D eigenvalue weighted by molar-refractivity contribution is -0.144. The minimum absolute atomic E-state index is 0.0374. The lowest BCUT2D eigenvalue weighted by Crippen LogP contribution is -2.41. The van der Waals surface area contributed by atoms with Gasteiger partial charge in [0.05, 0.1) is 23.7 Å². The Hall–Kier alpha value is -0.545. The molecular weight excluding hydrogens is 219 g/mol. The Bertz CT molecular complexity index is 310. The first-order chi connectivity index (χ1) is 7.78. The second-order valence-electron chi connectivity index (χ2n) is 5.88. The molecule has 0 N–H and O–H groups in total. The summed E-state index contributed by atoms with van der Waals surface area (Å²) in [5, 5.41) is 0. The third-order valence-corrected chi connectivity index (χ3v) is 4.05. The highest BCUT2D eigenvalue weighted by Gasteiger charge is 2.61. The van der Waals surface area contributed by atoms with Crippen molar-refractivity contribution in [2.45, 2.75) is 58.1 Å². The molecule has 0 aromatic carbocycles. The molecule has 17 heavy (non-hydrogen) atoms. The quantitative estimate of drug-likeness (QED) is 0.559. The smallest absolute Gasteiger partial charge is 0.462 e. The van der Waals surface area contributed by atoms with Gasteiger partial charge in [0.2, 0.25) is 0 Å². The van der Waals surface area contributed by atoms with E-state index in [-0.39, 0.29) is 36.0 Å². The van der Waals surface area contributed by atoms with Crippen molar-refractivity contribution in [1.82, 2.24) is 0 Å². The zero-order valence-electron chi connectivity index (χ0n) is 11.3. The number of ether oxygens (including phenoxy) is 1. The number of carbonyl (C=O) groups excluding carboxylic acids is 1. The fourth-order valence-corrected chi connectivity index (χ4v) is 2.10. The van der Waals surface area contributed by atoms with Gasteiger partial charge in [0.15, 0.2) is 0 Å². The monoisotopic (exact) mass is 240 g/mol. The van der Waals surface area contributed by atoms with E-state index in [1.807, 2.05) is 34.6 Å². The molecule has 0 spiro atoms. The minimum atomic E-state index is -0.320. The van der Waals surface area contributed by atoms with Crippen molar-refractivity contribution in [2.75, 3.05) is 6.61 Å². The molecule has 2 unspecified atom stereocenters. The van der Waals surface area contributed by atoms with Crippen molar-refractivity contribution in [2.24, 2.45) is 5.92 Å². The number of hydrogen-bond acceptors (Lipinski definition) is 4. The van der Waals surface area contributed by atoms with Crippen molar-refractivity contribution in [1.29, 1.82) is 0 Å². The molecule has 0 aromatic heterocycles. The van der Waals surface area contributed by atoms with Crippen molar-refractivity contribution in [3.05, 3.63) is 0 Å². The normalized spacial score (nSPS) is 33.6. The molecule has 0 amide bonds. The molecule has 0 aromatic rings. The summed E-state index contributed by atoms with van der Waals surface area (Å²) >= 11 is 0. The van der Waals surface area contributed by atoms with Gasteiger partial charge in [0.25, 0.3) is 0 Å². The third-order valence-electron chi connectivity index (χ3n) is 4.05. The molecule has 2 rings (SSSR count). The Morgan fingerprint density at radius 2 is 1.82 bits per heavy atom. The summed E-state index contributed by atoms with van der Waals surface area (Å²) in [4.78, 5) is 11.6. The van der Waals surface area contributed by atoms with Crippen LogP contribution in [0.1, 0.15) is 41.0 Å². The fourth-order valence-electron chi connectivity index (χ4n) is 2.10. The fraction of sp³-hybridized carbons (Fsp3) is 0.917. The maximum absolute atomic E-state index is 11.6. The Morgan fingerprint density at radius 1 is 1.29 bits per heavy atom. The van der Waals surface area contributed by atoms with E-state index < -0.39 is 0 Å². The highest BCUT2D eigenvalue weighted by atomic mass is 16.7. The zero-order chi connectivity index (χ0) is 12.8. The Balaban J connectivity index is 1.94. The van der Waals surface area contributed by atoms with Gasteiger partial charge in [0, 0.05) is 5.82 Å². The number of hydrogen-bond donors (Lipinski definition) is 0. The van der Waals surface area contributed by atoms with Crippen LogP contribution in [-0.4, -0.2) is 30.9 Å². The Labute approximate surface area is 103 Å². The summed E-state index contributed by atoms with van der Waals surface area (Å²) in [7, 11) is -0.269. The largest absolute Gasteiger partial charge is 0.466 e. The van der Waals surface area contributed by atoms with Crippen LogP contribution in [0.3, 0.4) is 0 Å². The summed E-state index contributed by atoms with van der Waals surface area (Å²) in [6.45, 7) is 10.3. The summed E-state index contributed by atoms with van der Waals surface area (Å²) in [5.41, 5.74) is -0.640. The molecule has 5 heteroatoms. The van der Waals surface area contributed by atoms with Crippen LogP contribution >= 0.6 is 0 Å². The topological polar surface area (TPSA) is 44.8 Å². The lowest BCUT2D eigenvalue weighted by Gasteiger charge is -2.32. The molecule has 2 fully saturated rings. The van der Waals surface area contributed by atoms with Gasteiger partial charge in [-0.3, -0.25) is 4.79 Å². The minimum Gasteiger partial charge on any atom is -0.466 e. The van der Waals surface area contributed by atoms with Crippen LogP contribution in [-0.2, 0) is 18.8 Å². The van der Waals surface area contributed by atoms with Gasteiger partial charge >= 0.3 is 13.1 Å². The molecule has 1 saturated carbocycles. The van der Waals surface area contributed by atoms with Crippen LogP contribution in [0.4, 0.5) is 0 Å². The lowest BCUT2D eigenvalue weighted by atomic mass is 9.80. The van der Waals surface area contributed by atoms with Gasteiger partial charge in [-0.1, -0.05) is 0 Å². The van der Waals surface area contributed by atoms with Crippen LogP contribution in [0.2, 0.25) is 5.82 Å². The van der Waals surface area contributed by atoms with Crippen LogP contribution in [0.15, 0.2) is 0 Å². The predicted molar refractivity (Wildman–Crippen MR) is 64.6 cm³/mol. The Kier molecular flexibility index (Phi) is 3.03. The average molecular weight is 240 g/mol. The third kappa shape index (κ3) is 2.23. The van der Waals surface area contributed by atoms with Gasteiger partial charge in [-0.05, 0) is 41.0 Å². The van der Waals surface area contributed by atoms with Crippen molar-refractivity contribution >= 4 is 13.1 Å². The van der Waals surface area contributed by atoms with Crippen LogP contribution < -0.4 is 0 Å². The molecule has 1 aliphatic heterocycles. The molecule has 1 saturated heterocycles. The highest BCUT2D eigenvalue weighted by molar-refractivity contribution is 6.49. The van der Waals surface area contributed by atoms with E-state index >= 15 is 0 Å². The van der Waals surface area contributed by atoms with Gasteiger partial charge < -0.3 is 14.0 Å². The van der Waals surface area contributed by atoms with Crippen molar-refractivity contribution < 1.29 is 18.8 Å². The van der Waals surface area contributed by atoms with E-state index in [2.05, 4.69) is 0 Å². The molecule has 4 nitrogen and oxygen atoms in total. The van der Waals surface area contributed by atoms with E-state index in [1.54, 1.807) is 0 Å². The number of rotatable bonds is 3. The molecule has 1 aliphatic carbocycles. The van der Waals surface area contributed by atoms with E-state index in [4.69, 9.17) is 14.0 Å². The van der Waals surface area contributed by atoms with Gasteiger partial charge in [-0.15, -0.1) is 0 Å². The van der Waals surface area contributed by atoms with E-state index in [0.717, 1.165) is 6.42 Å². The first-order valence-electron chi connectivity index (χ1n) is 6.31. The van der Waals surface area contributed by atoms with Crippen LogP contribution in [0.5, 0.6) is 0 Å². The molecular formula is C12H21BO4. The highest BCUT2D eigenvalue weighted by Crippen LogP contribution is 2.53. The van der Waals surface area contributed by atoms with Crippen LogP contribution in [0.25, 0.3) is 0 Å². The maximum Gasteiger partial charge on any atom is 0.462 e. The summed E-state index contributed by atoms with van der Waals surface area (Å²) in [6.07, 6.45) is 0.815. The van der Waals surface area contributed by atoms with Gasteiger partial charge in [-0.2, -0.15) is 0 Å². The number of carbonyl (C=O) groups is 1. The molecule has 2 aliphatic rings. The van der Waals surface area contributed by atoms with E-state index in [0.29, 0.717) is 6.61 Å². The molecule has 2 atom stereocenters. The standard InChI is InChI=1S/C12H21BO4/c1-6-15-10(14)8-7-9(8)13-16-11(2,3)12(4,5)17-13/h8-9H,6-7H2,1-5H3. The van der Waals surface area contributed by atoms with Crippen molar-refractivity contribution in [3.63, 3.8) is 0 Å². The zero-order valence-corrected chi connectivity index (χ0v) is 11.3. The molecule has 0 radical (unpaired) electrons. The maximum atomic E-state index is 11.6. The summed E-state index contributed by atoms with van der Waals surface area (Å²) < 4.78 is 16.8. The van der Waals surface area contributed by atoms with E-state index in [1.165, 1.54) is 0 Å². The first-order valence-corrected chi connectivity index (χ1v) is 6.31. The SMILES string of the molecule is CCOC(=O)C1CC1B1OC(C)(C)C(C)(C)O1. The van der Waals surface area contributed by atoms with Crippen LogP contribution in [0, 0.1) is 5.92 Å². The van der Waals surface area contributed by atoms with Gasteiger partial charge in [0.1, 0.15) is 0 Å². The van der Waals surface area contributed by atoms with E-state index in [9.17, 15) is 4.79 Å². The Morgan fingerprint density at radius 3 is 2.29 bits per heavy atom.